The molecule has 0 unspecified atom stereocenters. The van der Waals surface area contributed by atoms with Gasteiger partial charge in [0, 0.05) is 39.3 Å². The van der Waals surface area contributed by atoms with Crippen LogP contribution in [0.2, 0.25) is 15.1 Å². The van der Waals surface area contributed by atoms with Crippen LogP contribution in [-0.4, -0.2) is 18.4 Å². The molecule has 1 saturated heterocycles. The predicted molar refractivity (Wildman–Crippen MR) is 131 cm³/mol. The highest BCUT2D eigenvalue weighted by Gasteiger charge is 2.35. The smallest absolute Gasteiger partial charge is 0.243 e. The first-order chi connectivity index (χ1) is 15.9. The normalized spacial score (nSPS) is 15.4. The minimum atomic E-state index is -0.455. The monoisotopic (exact) mass is 503 g/mol. The summed E-state index contributed by atoms with van der Waals surface area (Å²) in [5.41, 5.74) is 7.65. The molecule has 170 valence electrons. The summed E-state index contributed by atoms with van der Waals surface area (Å²) in [7, 11) is 0. The molecule has 2 amide bonds. The van der Waals surface area contributed by atoms with Crippen LogP contribution in [0.5, 0.6) is 5.75 Å². The summed E-state index contributed by atoms with van der Waals surface area (Å²) < 4.78 is 5.75. The fraction of sp³-hybridized carbons (Fsp3) is 0.167. The molecule has 0 saturated carbocycles. The van der Waals surface area contributed by atoms with E-state index in [0.717, 1.165) is 5.69 Å². The molecule has 0 aromatic heterocycles. The SMILES string of the molecule is O=C(NNc1ccc(OCc2c(Cl)cccc2Cl)cc1)[C@@H]1CC(=O)N(c2ccc(Cl)cc2)C1. The van der Waals surface area contributed by atoms with Crippen molar-refractivity contribution in [2.24, 2.45) is 5.92 Å². The van der Waals surface area contributed by atoms with Gasteiger partial charge in [0.1, 0.15) is 12.4 Å². The van der Waals surface area contributed by atoms with Crippen molar-refractivity contribution in [1.82, 2.24) is 5.43 Å². The molecule has 2 N–H and O–H groups in total. The number of carbonyl (C=O) groups excluding carboxylic acids is 2. The number of carbonyl (C=O) groups is 2. The molecule has 0 bridgehead atoms. The second-order valence-corrected chi connectivity index (χ2v) is 8.76. The number of nitrogens with one attached hydrogen (secondary N) is 2. The van der Waals surface area contributed by atoms with Crippen molar-refractivity contribution in [2.75, 3.05) is 16.9 Å². The van der Waals surface area contributed by atoms with Crippen molar-refractivity contribution in [3.63, 3.8) is 0 Å². The van der Waals surface area contributed by atoms with E-state index in [-0.39, 0.29) is 24.8 Å². The Morgan fingerprint density at radius 2 is 1.64 bits per heavy atom. The lowest BCUT2D eigenvalue weighted by Crippen LogP contribution is -2.36. The lowest BCUT2D eigenvalue weighted by Gasteiger charge is -2.17. The topological polar surface area (TPSA) is 70.7 Å². The first-order valence-corrected chi connectivity index (χ1v) is 11.3. The van der Waals surface area contributed by atoms with E-state index in [1.807, 2.05) is 0 Å². The zero-order valence-corrected chi connectivity index (χ0v) is 19.6. The van der Waals surface area contributed by atoms with Gasteiger partial charge in [-0.3, -0.25) is 20.4 Å². The van der Waals surface area contributed by atoms with Crippen LogP contribution in [0.25, 0.3) is 0 Å². The van der Waals surface area contributed by atoms with Crippen LogP contribution in [0, 0.1) is 5.92 Å². The summed E-state index contributed by atoms with van der Waals surface area (Å²) in [6.07, 6.45) is 0.146. The van der Waals surface area contributed by atoms with Crippen LogP contribution in [0.15, 0.2) is 66.7 Å². The van der Waals surface area contributed by atoms with Gasteiger partial charge in [0.05, 0.1) is 11.6 Å². The van der Waals surface area contributed by atoms with Gasteiger partial charge in [-0.25, -0.2) is 0 Å². The predicted octanol–water partition coefficient (Wildman–Crippen LogP) is 5.72. The molecule has 0 spiro atoms. The minimum Gasteiger partial charge on any atom is -0.489 e. The van der Waals surface area contributed by atoms with Gasteiger partial charge >= 0.3 is 0 Å². The van der Waals surface area contributed by atoms with Gasteiger partial charge in [0.25, 0.3) is 0 Å². The van der Waals surface area contributed by atoms with Gasteiger partial charge < -0.3 is 9.64 Å². The lowest BCUT2D eigenvalue weighted by atomic mass is 10.1. The van der Waals surface area contributed by atoms with E-state index in [1.54, 1.807) is 71.6 Å². The molecule has 9 heteroatoms. The van der Waals surface area contributed by atoms with Crippen LogP contribution in [0.1, 0.15) is 12.0 Å². The molecular formula is C24H20Cl3N3O3. The number of amides is 2. The Hall–Kier alpha value is -2.93. The Morgan fingerprint density at radius 1 is 0.970 bits per heavy atom. The number of ether oxygens (including phenoxy) is 1. The summed E-state index contributed by atoms with van der Waals surface area (Å²) in [5.74, 6) is -0.183. The number of anilines is 2. The quantitative estimate of drug-likeness (QED) is 0.404. The minimum absolute atomic E-state index is 0.0994. The van der Waals surface area contributed by atoms with Gasteiger partial charge in [-0.15, -0.1) is 0 Å². The molecule has 0 radical (unpaired) electrons. The van der Waals surface area contributed by atoms with Gasteiger partial charge in [0.2, 0.25) is 11.8 Å². The first-order valence-electron chi connectivity index (χ1n) is 10.2. The summed E-state index contributed by atoms with van der Waals surface area (Å²) in [6, 6.07) is 19.3. The maximum atomic E-state index is 12.6. The molecule has 0 aliphatic carbocycles. The third-order valence-electron chi connectivity index (χ3n) is 5.26. The van der Waals surface area contributed by atoms with Gasteiger partial charge in [0.15, 0.2) is 0 Å². The van der Waals surface area contributed by atoms with Gasteiger partial charge in [-0.1, -0.05) is 40.9 Å². The summed E-state index contributed by atoms with van der Waals surface area (Å²) in [5, 5.41) is 1.68. The van der Waals surface area contributed by atoms with Crippen LogP contribution in [0.4, 0.5) is 11.4 Å². The molecule has 1 atom stereocenters. The van der Waals surface area contributed by atoms with Crippen molar-refractivity contribution < 1.29 is 14.3 Å². The fourth-order valence-electron chi connectivity index (χ4n) is 3.45. The second kappa shape index (κ2) is 10.3. The van der Waals surface area contributed by atoms with Crippen molar-refractivity contribution in [1.29, 1.82) is 0 Å². The molecule has 6 nitrogen and oxygen atoms in total. The van der Waals surface area contributed by atoms with Crippen LogP contribution < -0.4 is 20.5 Å². The van der Waals surface area contributed by atoms with Crippen molar-refractivity contribution in [3.05, 3.63) is 87.4 Å². The average molecular weight is 505 g/mol. The van der Waals surface area contributed by atoms with E-state index in [2.05, 4.69) is 10.9 Å². The number of rotatable bonds is 7. The van der Waals surface area contributed by atoms with E-state index in [1.165, 1.54) is 0 Å². The van der Waals surface area contributed by atoms with Crippen molar-refractivity contribution in [3.8, 4) is 5.75 Å². The molecule has 33 heavy (non-hydrogen) atoms. The number of halogens is 3. The van der Waals surface area contributed by atoms with Crippen LogP contribution in [0.3, 0.4) is 0 Å². The Kier molecular flexibility index (Phi) is 7.28. The Morgan fingerprint density at radius 3 is 2.30 bits per heavy atom. The standard InChI is InChI=1S/C24H20Cl3N3O3/c25-16-4-8-18(9-5-16)30-13-15(12-23(30)31)24(32)29-28-17-6-10-19(11-7-17)33-14-20-21(26)2-1-3-22(20)27/h1-11,15,28H,12-14H2,(H,29,32)/t15-/m1/s1. The summed E-state index contributed by atoms with van der Waals surface area (Å²) in [6.45, 7) is 0.549. The largest absolute Gasteiger partial charge is 0.489 e. The highest BCUT2D eigenvalue weighted by atomic mass is 35.5. The summed E-state index contributed by atoms with van der Waals surface area (Å²) >= 11 is 18.2. The second-order valence-electron chi connectivity index (χ2n) is 7.51. The number of hydrazine groups is 1. The Balaban J connectivity index is 1.28. The Bertz CT molecular complexity index is 1130. The van der Waals surface area contributed by atoms with E-state index < -0.39 is 5.92 Å². The van der Waals surface area contributed by atoms with Gasteiger partial charge in [-0.05, 0) is 60.7 Å². The molecule has 1 heterocycles. The highest BCUT2D eigenvalue weighted by molar-refractivity contribution is 6.36. The van der Waals surface area contributed by atoms with Crippen molar-refractivity contribution >= 4 is 58.0 Å². The number of hydrogen-bond acceptors (Lipinski definition) is 4. The zero-order valence-electron chi connectivity index (χ0n) is 17.4. The highest BCUT2D eigenvalue weighted by Crippen LogP contribution is 2.27. The first kappa shape index (κ1) is 23.2. The molecular weight excluding hydrogens is 485 g/mol. The maximum Gasteiger partial charge on any atom is 0.243 e. The van der Waals surface area contributed by atoms with Crippen LogP contribution >= 0.6 is 34.8 Å². The molecule has 3 aromatic rings. The third kappa shape index (κ3) is 5.71. The molecule has 3 aromatic carbocycles. The molecule has 4 rings (SSSR count). The number of benzene rings is 3. The van der Waals surface area contributed by atoms with Gasteiger partial charge in [-0.2, -0.15) is 0 Å². The fourth-order valence-corrected chi connectivity index (χ4v) is 4.08. The lowest BCUT2D eigenvalue weighted by molar-refractivity contribution is -0.125. The maximum absolute atomic E-state index is 12.6. The Labute approximate surface area is 206 Å². The average Bonchev–Trinajstić information content (AvgIpc) is 3.20. The third-order valence-corrected chi connectivity index (χ3v) is 6.22. The van der Waals surface area contributed by atoms with Crippen LogP contribution in [-0.2, 0) is 16.2 Å². The van der Waals surface area contributed by atoms with E-state index in [0.29, 0.717) is 38.6 Å². The van der Waals surface area contributed by atoms with E-state index >= 15 is 0 Å². The van der Waals surface area contributed by atoms with E-state index in [4.69, 9.17) is 39.5 Å². The molecule has 1 fully saturated rings. The molecule has 1 aliphatic heterocycles. The van der Waals surface area contributed by atoms with E-state index in [9.17, 15) is 9.59 Å². The van der Waals surface area contributed by atoms with Crippen molar-refractivity contribution in [2.45, 2.75) is 13.0 Å². The summed E-state index contributed by atoms with van der Waals surface area (Å²) in [4.78, 5) is 26.5. The molecule has 1 aliphatic rings. The zero-order chi connectivity index (χ0) is 23.4. The number of nitrogens with zero attached hydrogens (tertiary/aromatic N) is 1. The number of hydrogen-bond donors (Lipinski definition) is 2.